The Kier molecular flexibility index (Phi) is 5.92. The third kappa shape index (κ3) is 4.11. The highest BCUT2D eigenvalue weighted by Gasteiger charge is 2.28. The van der Waals surface area contributed by atoms with Gasteiger partial charge in [0.05, 0.1) is 11.9 Å². The quantitative estimate of drug-likeness (QED) is 0.505. The van der Waals surface area contributed by atoms with Gasteiger partial charge in [-0.25, -0.2) is 4.79 Å². The molecule has 29 heavy (non-hydrogen) atoms. The molecule has 3 rings (SSSR count). The summed E-state index contributed by atoms with van der Waals surface area (Å²) >= 11 is 0. The summed E-state index contributed by atoms with van der Waals surface area (Å²) in [5.41, 5.74) is -0.0101. The van der Waals surface area contributed by atoms with E-state index in [1.165, 1.54) is 0 Å². The monoisotopic (exact) mass is 399 g/mol. The average Bonchev–Trinajstić information content (AvgIpc) is 2.71. The summed E-state index contributed by atoms with van der Waals surface area (Å²) in [6.07, 6.45) is 6.43. The molecule has 2 heterocycles. The zero-order valence-corrected chi connectivity index (χ0v) is 18.5. The molecule has 1 aliphatic rings. The molecule has 0 radical (unpaired) electrons. The van der Waals surface area contributed by atoms with E-state index in [9.17, 15) is 4.79 Å². The first kappa shape index (κ1) is 21.2. The number of hydrogen-bond acceptors (Lipinski definition) is 5. The van der Waals surface area contributed by atoms with Gasteiger partial charge in [-0.1, -0.05) is 34.1 Å². The van der Waals surface area contributed by atoms with Gasteiger partial charge in [0.1, 0.15) is 11.4 Å². The second-order valence-corrected chi connectivity index (χ2v) is 8.35. The smallest absolute Gasteiger partial charge is 0.350 e. The maximum atomic E-state index is 12.7. The highest BCUT2D eigenvalue weighted by Crippen LogP contribution is 2.43. The molecule has 0 fully saturated rings. The fourth-order valence-electron chi connectivity index (χ4n) is 3.70. The summed E-state index contributed by atoms with van der Waals surface area (Å²) in [7, 11) is 0. The van der Waals surface area contributed by atoms with Gasteiger partial charge >= 0.3 is 5.69 Å². The minimum absolute atomic E-state index is 0.201. The highest BCUT2D eigenvalue weighted by molar-refractivity contribution is 5.73. The van der Waals surface area contributed by atoms with E-state index in [0.717, 1.165) is 43.5 Å². The molecule has 0 amide bonds. The number of nitrogens with one attached hydrogen (secondary N) is 1. The van der Waals surface area contributed by atoms with Gasteiger partial charge in [-0.15, -0.1) is 0 Å². The number of rotatable bonds is 8. The Morgan fingerprint density at radius 3 is 2.45 bits per heavy atom. The van der Waals surface area contributed by atoms with E-state index in [1.54, 1.807) is 10.8 Å². The SMILES string of the molecule is CCCC(C)(CC)Oc1ccc2c(c1)Nc1nc(=O)n(C(C)(CC)CC)cc1O2. The fraction of sp³-hybridized carbons (Fsp3) is 0.565. The van der Waals surface area contributed by atoms with Gasteiger partial charge in [-0.05, 0) is 51.7 Å². The van der Waals surface area contributed by atoms with Crippen LogP contribution in [0.1, 0.15) is 73.6 Å². The zero-order chi connectivity index (χ0) is 21.2. The molecule has 6 nitrogen and oxygen atoms in total. The van der Waals surface area contributed by atoms with E-state index in [4.69, 9.17) is 9.47 Å². The Hall–Kier alpha value is -2.50. The molecule has 158 valence electrons. The summed E-state index contributed by atoms with van der Waals surface area (Å²) in [5, 5.41) is 3.24. The lowest BCUT2D eigenvalue weighted by atomic mass is 9.95. The van der Waals surface area contributed by atoms with Crippen LogP contribution in [0, 0.1) is 0 Å². The van der Waals surface area contributed by atoms with E-state index >= 15 is 0 Å². The van der Waals surface area contributed by atoms with Gasteiger partial charge in [0.2, 0.25) is 0 Å². The molecule has 0 saturated heterocycles. The molecule has 1 aromatic carbocycles. The molecular formula is C23H33N3O3. The predicted octanol–water partition coefficient (Wildman–Crippen LogP) is 5.98. The lowest BCUT2D eigenvalue weighted by Gasteiger charge is -2.31. The number of ether oxygens (including phenoxy) is 2. The Bertz CT molecular complexity index is 933. The van der Waals surface area contributed by atoms with E-state index in [2.05, 4.69) is 51.8 Å². The minimum atomic E-state index is -0.287. The van der Waals surface area contributed by atoms with E-state index in [1.807, 2.05) is 18.2 Å². The third-order valence-corrected chi connectivity index (χ3v) is 6.31. The molecule has 1 aromatic heterocycles. The first-order chi connectivity index (χ1) is 13.8. The number of anilines is 2. The molecule has 1 N–H and O–H groups in total. The molecule has 1 atom stereocenters. The lowest BCUT2D eigenvalue weighted by Crippen LogP contribution is -2.39. The molecule has 2 aromatic rings. The van der Waals surface area contributed by atoms with Crippen LogP contribution >= 0.6 is 0 Å². The Labute approximate surface area is 173 Å². The number of hydrogen-bond donors (Lipinski definition) is 1. The van der Waals surface area contributed by atoms with Crippen molar-refractivity contribution in [2.45, 2.75) is 84.8 Å². The minimum Gasteiger partial charge on any atom is -0.488 e. The maximum absolute atomic E-state index is 12.7. The van der Waals surface area contributed by atoms with Crippen molar-refractivity contribution in [2.24, 2.45) is 0 Å². The number of aromatic nitrogens is 2. The first-order valence-corrected chi connectivity index (χ1v) is 10.7. The Morgan fingerprint density at radius 2 is 1.83 bits per heavy atom. The summed E-state index contributed by atoms with van der Waals surface area (Å²) in [5.74, 6) is 2.47. The molecule has 0 bridgehead atoms. The van der Waals surface area contributed by atoms with Crippen molar-refractivity contribution in [3.8, 4) is 17.2 Å². The fourth-order valence-corrected chi connectivity index (χ4v) is 3.70. The van der Waals surface area contributed by atoms with Crippen molar-refractivity contribution in [3.63, 3.8) is 0 Å². The van der Waals surface area contributed by atoms with Gasteiger partial charge in [0, 0.05) is 11.6 Å². The molecule has 1 unspecified atom stereocenters. The van der Waals surface area contributed by atoms with Crippen LogP contribution in [0.15, 0.2) is 29.2 Å². The van der Waals surface area contributed by atoms with Gasteiger partial charge in [0.25, 0.3) is 0 Å². The van der Waals surface area contributed by atoms with Crippen molar-refractivity contribution in [2.75, 3.05) is 5.32 Å². The van der Waals surface area contributed by atoms with Crippen LogP contribution < -0.4 is 20.5 Å². The predicted molar refractivity (Wildman–Crippen MR) is 117 cm³/mol. The Morgan fingerprint density at radius 1 is 1.10 bits per heavy atom. The molecule has 1 aliphatic heterocycles. The number of fused-ring (bicyclic) bond motifs is 2. The van der Waals surface area contributed by atoms with Gasteiger partial charge in [0.15, 0.2) is 17.3 Å². The Balaban J connectivity index is 1.91. The van der Waals surface area contributed by atoms with Crippen molar-refractivity contribution in [1.29, 1.82) is 0 Å². The third-order valence-electron chi connectivity index (χ3n) is 6.31. The lowest BCUT2D eigenvalue weighted by molar-refractivity contribution is 0.0741. The summed E-state index contributed by atoms with van der Waals surface area (Å²) < 4.78 is 14.0. The highest BCUT2D eigenvalue weighted by atomic mass is 16.5. The normalized spacial score (nSPS) is 14.8. The molecule has 6 heteroatoms. The van der Waals surface area contributed by atoms with Crippen molar-refractivity contribution in [1.82, 2.24) is 9.55 Å². The topological polar surface area (TPSA) is 65.4 Å². The standard InChI is InChI=1S/C23H33N3O3/c1-7-13-23(6,10-4)29-16-11-12-18-17(14-16)24-20-19(28-18)15-26(21(27)25-20)22(5,8-2)9-3/h11-12,14-15H,7-10,13H2,1-6H3,(H,24,25,27). The molecule has 0 aliphatic carbocycles. The second-order valence-electron chi connectivity index (χ2n) is 8.35. The second kappa shape index (κ2) is 8.09. The van der Waals surface area contributed by atoms with E-state index < -0.39 is 0 Å². The summed E-state index contributed by atoms with van der Waals surface area (Å²) in [6, 6.07) is 5.74. The number of nitrogens with zero attached hydrogens (tertiary/aromatic N) is 2. The summed E-state index contributed by atoms with van der Waals surface area (Å²) in [4.78, 5) is 16.9. The summed E-state index contributed by atoms with van der Waals surface area (Å²) in [6.45, 7) is 12.7. The number of benzene rings is 1. The zero-order valence-electron chi connectivity index (χ0n) is 18.5. The van der Waals surface area contributed by atoms with Gasteiger partial charge < -0.3 is 14.8 Å². The average molecular weight is 400 g/mol. The van der Waals surface area contributed by atoms with E-state index in [0.29, 0.717) is 17.3 Å². The van der Waals surface area contributed by atoms with Crippen molar-refractivity contribution < 1.29 is 9.47 Å². The van der Waals surface area contributed by atoms with Crippen LogP contribution in [0.3, 0.4) is 0 Å². The van der Waals surface area contributed by atoms with Gasteiger partial charge in [-0.2, -0.15) is 4.98 Å². The van der Waals surface area contributed by atoms with Crippen molar-refractivity contribution >= 4 is 11.5 Å². The van der Waals surface area contributed by atoms with E-state index in [-0.39, 0.29) is 16.8 Å². The largest absolute Gasteiger partial charge is 0.488 e. The van der Waals surface area contributed by atoms with Crippen LogP contribution in [0.4, 0.5) is 11.5 Å². The van der Waals surface area contributed by atoms with Crippen LogP contribution in [-0.4, -0.2) is 15.2 Å². The van der Waals surface area contributed by atoms with Crippen LogP contribution in [0.2, 0.25) is 0 Å². The van der Waals surface area contributed by atoms with Crippen LogP contribution in [0.25, 0.3) is 0 Å². The molecule has 0 saturated carbocycles. The van der Waals surface area contributed by atoms with Crippen LogP contribution in [0.5, 0.6) is 17.2 Å². The maximum Gasteiger partial charge on any atom is 0.350 e. The first-order valence-electron chi connectivity index (χ1n) is 10.7. The molecular weight excluding hydrogens is 366 g/mol. The van der Waals surface area contributed by atoms with Gasteiger partial charge in [-0.3, -0.25) is 4.57 Å². The van der Waals surface area contributed by atoms with Crippen molar-refractivity contribution in [3.05, 3.63) is 34.9 Å². The molecule has 0 spiro atoms. The van der Waals surface area contributed by atoms with Crippen LogP contribution in [-0.2, 0) is 5.54 Å².